The van der Waals surface area contributed by atoms with Crippen LogP contribution in [0.5, 0.6) is 5.75 Å². The average molecular weight is 408 g/mol. The number of nitro groups is 1. The number of carbonyl (C=O) groups excluding carboxylic acids is 1. The number of nitrogens with zero attached hydrogens (tertiary/aromatic N) is 3. The Morgan fingerprint density at radius 2 is 2.03 bits per heavy atom. The highest BCUT2D eigenvalue weighted by atomic mass is 16.6. The van der Waals surface area contributed by atoms with E-state index in [1.54, 1.807) is 48.4 Å². The van der Waals surface area contributed by atoms with Crippen molar-refractivity contribution in [1.29, 1.82) is 0 Å². The number of carbonyl (C=O) groups is 1. The van der Waals surface area contributed by atoms with Crippen LogP contribution in [0, 0.1) is 10.1 Å². The van der Waals surface area contributed by atoms with Gasteiger partial charge in [-0.05, 0) is 36.2 Å². The van der Waals surface area contributed by atoms with Crippen molar-refractivity contribution in [1.82, 2.24) is 15.1 Å². The summed E-state index contributed by atoms with van der Waals surface area (Å²) < 4.78 is 5.12. The van der Waals surface area contributed by atoms with E-state index in [2.05, 4.69) is 10.2 Å². The minimum absolute atomic E-state index is 0.0417. The molecule has 0 saturated heterocycles. The summed E-state index contributed by atoms with van der Waals surface area (Å²) in [7, 11) is 1.60. The lowest BCUT2D eigenvalue weighted by atomic mass is 9.95. The van der Waals surface area contributed by atoms with Crippen LogP contribution in [0.15, 0.2) is 48.5 Å². The van der Waals surface area contributed by atoms with Gasteiger partial charge in [0.05, 0.1) is 16.7 Å². The number of amides is 1. The standard InChI is InChI=1S/C21H20N4O5/c1-30-11-3-10-24-20(14-4-2-5-15(12-14)25(28)29)17-18(22-23-19(17)21(24)27)13-6-8-16(26)9-7-13/h2,4-9,12,20,26H,3,10-11H2,1H3,(H,22,23). The smallest absolute Gasteiger partial charge is 0.273 e. The second-order valence-corrected chi connectivity index (χ2v) is 7.01. The van der Waals surface area contributed by atoms with Gasteiger partial charge in [0.15, 0.2) is 0 Å². The van der Waals surface area contributed by atoms with Gasteiger partial charge in [-0.15, -0.1) is 0 Å². The van der Waals surface area contributed by atoms with Crippen molar-refractivity contribution < 1.29 is 19.6 Å². The number of aromatic nitrogens is 2. The Bertz CT molecular complexity index is 1090. The molecule has 2 aromatic carbocycles. The van der Waals surface area contributed by atoms with Gasteiger partial charge < -0.3 is 14.7 Å². The second kappa shape index (κ2) is 7.96. The molecule has 1 amide bonds. The van der Waals surface area contributed by atoms with E-state index in [1.807, 2.05) is 0 Å². The van der Waals surface area contributed by atoms with Crippen LogP contribution >= 0.6 is 0 Å². The largest absolute Gasteiger partial charge is 0.508 e. The number of methoxy groups -OCH3 is 1. The van der Waals surface area contributed by atoms with Crippen LogP contribution in [-0.4, -0.2) is 51.3 Å². The predicted molar refractivity (Wildman–Crippen MR) is 108 cm³/mol. The number of nitrogens with one attached hydrogen (secondary N) is 1. The van der Waals surface area contributed by atoms with Crippen LogP contribution in [0.2, 0.25) is 0 Å². The van der Waals surface area contributed by atoms with E-state index in [-0.39, 0.29) is 17.3 Å². The first kappa shape index (κ1) is 19.6. The van der Waals surface area contributed by atoms with Crippen molar-refractivity contribution in [3.63, 3.8) is 0 Å². The Balaban J connectivity index is 1.83. The molecule has 1 aliphatic heterocycles. The van der Waals surface area contributed by atoms with Crippen molar-refractivity contribution in [2.75, 3.05) is 20.3 Å². The molecule has 30 heavy (non-hydrogen) atoms. The van der Waals surface area contributed by atoms with Crippen LogP contribution in [0.25, 0.3) is 11.3 Å². The van der Waals surface area contributed by atoms with Gasteiger partial charge in [0.25, 0.3) is 11.6 Å². The molecule has 0 bridgehead atoms. The third-order valence-corrected chi connectivity index (χ3v) is 5.15. The lowest BCUT2D eigenvalue weighted by Crippen LogP contribution is -2.31. The first-order valence-electron chi connectivity index (χ1n) is 9.43. The zero-order valence-corrected chi connectivity index (χ0v) is 16.2. The van der Waals surface area contributed by atoms with E-state index in [0.717, 1.165) is 5.56 Å². The normalized spacial score (nSPS) is 15.4. The zero-order chi connectivity index (χ0) is 21.3. The predicted octanol–water partition coefficient (Wildman–Crippen LogP) is 3.27. The minimum atomic E-state index is -0.521. The molecule has 1 aliphatic rings. The van der Waals surface area contributed by atoms with Gasteiger partial charge in [0, 0.05) is 43.5 Å². The highest BCUT2D eigenvalue weighted by Gasteiger charge is 2.42. The van der Waals surface area contributed by atoms with Gasteiger partial charge in [-0.1, -0.05) is 12.1 Å². The van der Waals surface area contributed by atoms with Gasteiger partial charge in [-0.25, -0.2) is 0 Å². The van der Waals surface area contributed by atoms with Crippen molar-refractivity contribution in [2.24, 2.45) is 0 Å². The number of benzene rings is 2. The Labute approximate surface area is 172 Å². The number of fused-ring (bicyclic) bond motifs is 1. The zero-order valence-electron chi connectivity index (χ0n) is 16.2. The number of aromatic amines is 1. The van der Waals surface area contributed by atoms with Crippen LogP contribution in [-0.2, 0) is 4.74 Å². The number of phenolic OH excluding ortho intramolecular Hbond substituents is 1. The fraction of sp³-hybridized carbons (Fsp3) is 0.238. The molecule has 0 fully saturated rings. The lowest BCUT2D eigenvalue weighted by Gasteiger charge is -2.26. The number of ether oxygens (including phenoxy) is 1. The molecule has 1 atom stereocenters. The van der Waals surface area contributed by atoms with Crippen LogP contribution in [0.4, 0.5) is 5.69 Å². The number of non-ortho nitro benzene ring substituents is 1. The molecule has 0 aliphatic carbocycles. The maximum Gasteiger partial charge on any atom is 0.273 e. The quantitative estimate of drug-likeness (QED) is 0.351. The van der Waals surface area contributed by atoms with Gasteiger partial charge in [0.1, 0.15) is 11.4 Å². The summed E-state index contributed by atoms with van der Waals surface area (Å²) in [5, 5.41) is 28.1. The maximum atomic E-state index is 13.1. The summed E-state index contributed by atoms with van der Waals surface area (Å²) >= 11 is 0. The molecular formula is C21H20N4O5. The molecule has 1 aromatic heterocycles. The first-order chi connectivity index (χ1) is 14.5. The third kappa shape index (κ3) is 3.39. The SMILES string of the molecule is COCCCN1C(=O)c2[nH]nc(-c3ccc(O)cc3)c2C1c1cccc([N+](=O)[O-])c1. The molecule has 0 saturated carbocycles. The molecule has 4 rings (SSSR count). The second-order valence-electron chi connectivity index (χ2n) is 7.01. The number of H-pyrrole nitrogens is 1. The number of phenols is 1. The number of rotatable bonds is 7. The molecule has 9 nitrogen and oxygen atoms in total. The molecule has 3 aromatic rings. The molecular weight excluding hydrogens is 388 g/mol. The molecule has 2 heterocycles. The number of hydrogen-bond donors (Lipinski definition) is 2. The van der Waals surface area contributed by atoms with Crippen molar-refractivity contribution in [3.8, 4) is 17.0 Å². The topological polar surface area (TPSA) is 122 Å². The fourth-order valence-corrected chi connectivity index (χ4v) is 3.80. The Morgan fingerprint density at radius 1 is 1.27 bits per heavy atom. The van der Waals surface area contributed by atoms with E-state index in [4.69, 9.17) is 4.74 Å². The van der Waals surface area contributed by atoms with Crippen molar-refractivity contribution >= 4 is 11.6 Å². The van der Waals surface area contributed by atoms with Gasteiger partial charge >= 0.3 is 0 Å². The molecule has 154 valence electrons. The van der Waals surface area contributed by atoms with Crippen LogP contribution in [0.3, 0.4) is 0 Å². The Morgan fingerprint density at radius 3 is 2.73 bits per heavy atom. The third-order valence-electron chi connectivity index (χ3n) is 5.15. The average Bonchev–Trinajstić information content (AvgIpc) is 3.28. The minimum Gasteiger partial charge on any atom is -0.508 e. The number of hydrogen-bond acceptors (Lipinski definition) is 6. The highest BCUT2D eigenvalue weighted by molar-refractivity contribution is 6.00. The van der Waals surface area contributed by atoms with E-state index in [1.165, 1.54) is 12.1 Å². The molecule has 1 unspecified atom stereocenters. The van der Waals surface area contributed by atoms with Crippen LogP contribution in [0.1, 0.15) is 34.1 Å². The highest BCUT2D eigenvalue weighted by Crippen LogP contribution is 2.43. The van der Waals surface area contributed by atoms with E-state index < -0.39 is 11.0 Å². The van der Waals surface area contributed by atoms with Gasteiger partial charge in [-0.2, -0.15) is 5.10 Å². The first-order valence-corrected chi connectivity index (χ1v) is 9.43. The fourth-order valence-electron chi connectivity index (χ4n) is 3.80. The summed E-state index contributed by atoms with van der Waals surface area (Å²) in [6, 6.07) is 12.3. The molecule has 2 N–H and O–H groups in total. The van der Waals surface area contributed by atoms with Gasteiger partial charge in [0.2, 0.25) is 0 Å². The van der Waals surface area contributed by atoms with E-state index >= 15 is 0 Å². The van der Waals surface area contributed by atoms with E-state index in [9.17, 15) is 20.0 Å². The number of aromatic hydroxyl groups is 1. The summed E-state index contributed by atoms with van der Waals surface area (Å²) in [5.41, 5.74) is 2.93. The summed E-state index contributed by atoms with van der Waals surface area (Å²) in [4.78, 5) is 25.7. The van der Waals surface area contributed by atoms with Gasteiger partial charge in [-0.3, -0.25) is 20.0 Å². The Kier molecular flexibility index (Phi) is 5.20. The summed E-state index contributed by atoms with van der Waals surface area (Å²) in [6.07, 6.45) is 0.625. The molecule has 0 spiro atoms. The number of nitro benzene ring substituents is 1. The lowest BCUT2D eigenvalue weighted by molar-refractivity contribution is -0.384. The molecule has 0 radical (unpaired) electrons. The van der Waals surface area contributed by atoms with Crippen molar-refractivity contribution in [3.05, 3.63) is 75.5 Å². The Hall–Kier alpha value is -3.72. The molecule has 9 heteroatoms. The maximum absolute atomic E-state index is 13.1. The monoisotopic (exact) mass is 408 g/mol. The van der Waals surface area contributed by atoms with Crippen LogP contribution < -0.4 is 0 Å². The van der Waals surface area contributed by atoms with Crippen molar-refractivity contribution in [2.45, 2.75) is 12.5 Å². The summed E-state index contributed by atoms with van der Waals surface area (Å²) in [6.45, 7) is 0.917. The van der Waals surface area contributed by atoms with E-state index in [0.29, 0.717) is 42.1 Å². The summed E-state index contributed by atoms with van der Waals surface area (Å²) in [5.74, 6) is -0.0893.